The van der Waals surface area contributed by atoms with Crippen molar-refractivity contribution in [2.75, 3.05) is 5.75 Å². The van der Waals surface area contributed by atoms with E-state index in [2.05, 4.69) is 25.9 Å². The van der Waals surface area contributed by atoms with Gasteiger partial charge in [-0.15, -0.1) is 0 Å². The molecule has 0 saturated heterocycles. The van der Waals surface area contributed by atoms with Crippen molar-refractivity contribution < 1.29 is 4.39 Å². The molecule has 0 atom stereocenters. The van der Waals surface area contributed by atoms with Gasteiger partial charge in [-0.3, -0.25) is 0 Å². The Morgan fingerprint density at radius 2 is 2.25 bits per heavy atom. The van der Waals surface area contributed by atoms with Crippen molar-refractivity contribution in [2.45, 2.75) is 19.0 Å². The highest BCUT2D eigenvalue weighted by Gasteiger charge is 2.11. The standard InChI is InChI=1S/C11H10BrFN2S/c1-3-16-11-14-5-7-6(2)4-8(12)9(13)10(7)15-11/h4-5H,3H2,1-2H3. The normalized spacial score (nSPS) is 11.0. The first-order chi connectivity index (χ1) is 7.63. The molecule has 0 bridgehead atoms. The molecule has 0 fully saturated rings. The van der Waals surface area contributed by atoms with Crippen molar-refractivity contribution in [3.63, 3.8) is 0 Å². The van der Waals surface area contributed by atoms with Crippen molar-refractivity contribution >= 4 is 38.6 Å². The van der Waals surface area contributed by atoms with E-state index in [1.54, 1.807) is 12.3 Å². The van der Waals surface area contributed by atoms with Gasteiger partial charge >= 0.3 is 0 Å². The van der Waals surface area contributed by atoms with E-state index < -0.39 is 0 Å². The van der Waals surface area contributed by atoms with Crippen molar-refractivity contribution in [3.8, 4) is 0 Å². The average molecular weight is 301 g/mol. The maximum atomic E-state index is 13.9. The van der Waals surface area contributed by atoms with Crippen LogP contribution in [0.3, 0.4) is 0 Å². The molecule has 1 heterocycles. The Kier molecular flexibility index (Phi) is 3.44. The number of fused-ring (bicyclic) bond motifs is 1. The zero-order chi connectivity index (χ0) is 11.7. The Bertz CT molecular complexity index is 545. The van der Waals surface area contributed by atoms with E-state index >= 15 is 0 Å². The summed E-state index contributed by atoms with van der Waals surface area (Å²) in [5.74, 6) is 0.557. The first-order valence-electron chi connectivity index (χ1n) is 4.87. The summed E-state index contributed by atoms with van der Waals surface area (Å²) in [4.78, 5) is 8.43. The third-order valence-corrected chi connectivity index (χ3v) is 3.55. The molecular weight excluding hydrogens is 291 g/mol. The molecule has 0 radical (unpaired) electrons. The minimum absolute atomic E-state index is 0.319. The molecule has 2 rings (SSSR count). The maximum absolute atomic E-state index is 13.9. The van der Waals surface area contributed by atoms with Crippen LogP contribution in [0.5, 0.6) is 0 Å². The van der Waals surface area contributed by atoms with Crippen LogP contribution in [0.1, 0.15) is 12.5 Å². The molecule has 2 aromatic rings. The molecular formula is C11H10BrFN2S. The fraction of sp³-hybridized carbons (Fsp3) is 0.273. The summed E-state index contributed by atoms with van der Waals surface area (Å²) in [5, 5.41) is 1.38. The summed E-state index contributed by atoms with van der Waals surface area (Å²) in [6.45, 7) is 3.93. The minimum Gasteiger partial charge on any atom is -0.230 e. The molecule has 0 aliphatic rings. The summed E-state index contributed by atoms with van der Waals surface area (Å²) < 4.78 is 14.3. The average Bonchev–Trinajstić information content (AvgIpc) is 2.26. The first kappa shape index (κ1) is 11.8. The fourth-order valence-electron chi connectivity index (χ4n) is 1.46. The van der Waals surface area contributed by atoms with Crippen LogP contribution in [0.2, 0.25) is 0 Å². The van der Waals surface area contributed by atoms with E-state index in [1.165, 1.54) is 11.8 Å². The van der Waals surface area contributed by atoms with Crippen LogP contribution in [0.25, 0.3) is 10.9 Å². The van der Waals surface area contributed by atoms with E-state index in [-0.39, 0.29) is 5.82 Å². The Morgan fingerprint density at radius 1 is 1.50 bits per heavy atom. The molecule has 0 aliphatic heterocycles. The number of halogens is 2. The number of hydrogen-bond acceptors (Lipinski definition) is 3. The minimum atomic E-state index is -0.319. The predicted molar refractivity (Wildman–Crippen MR) is 68.3 cm³/mol. The van der Waals surface area contributed by atoms with Gasteiger partial charge in [0.1, 0.15) is 5.52 Å². The zero-order valence-electron chi connectivity index (χ0n) is 8.92. The number of hydrogen-bond donors (Lipinski definition) is 0. The third kappa shape index (κ3) is 2.06. The van der Waals surface area contributed by atoms with Crippen LogP contribution in [0, 0.1) is 12.7 Å². The highest BCUT2D eigenvalue weighted by Crippen LogP contribution is 2.27. The second-order valence-corrected chi connectivity index (χ2v) is 5.42. The fourth-order valence-corrected chi connectivity index (χ4v) is 2.54. The van der Waals surface area contributed by atoms with Crippen LogP contribution in [0.4, 0.5) is 4.39 Å². The molecule has 1 aromatic carbocycles. The van der Waals surface area contributed by atoms with Crippen LogP contribution in [-0.4, -0.2) is 15.7 Å². The van der Waals surface area contributed by atoms with E-state index in [0.29, 0.717) is 15.1 Å². The lowest BCUT2D eigenvalue weighted by molar-refractivity contribution is 0.628. The molecule has 1 aromatic heterocycles. The molecule has 0 saturated carbocycles. The quantitative estimate of drug-likeness (QED) is 0.620. The van der Waals surface area contributed by atoms with Gasteiger partial charge in [0.15, 0.2) is 11.0 Å². The van der Waals surface area contributed by atoms with Crippen LogP contribution >= 0.6 is 27.7 Å². The van der Waals surface area contributed by atoms with Gasteiger partial charge in [0, 0.05) is 11.6 Å². The second kappa shape index (κ2) is 4.67. The summed E-state index contributed by atoms with van der Waals surface area (Å²) in [6.07, 6.45) is 1.69. The molecule has 0 unspecified atom stereocenters. The van der Waals surface area contributed by atoms with E-state index in [1.807, 2.05) is 13.8 Å². The van der Waals surface area contributed by atoms with E-state index in [9.17, 15) is 4.39 Å². The number of rotatable bonds is 2. The van der Waals surface area contributed by atoms with Crippen molar-refractivity contribution in [3.05, 3.63) is 28.1 Å². The number of benzene rings is 1. The number of nitrogens with zero attached hydrogens (tertiary/aromatic N) is 2. The van der Waals surface area contributed by atoms with Gasteiger partial charge in [-0.25, -0.2) is 14.4 Å². The molecule has 16 heavy (non-hydrogen) atoms. The van der Waals surface area contributed by atoms with Gasteiger partial charge in [-0.1, -0.05) is 18.7 Å². The number of aryl methyl sites for hydroxylation is 1. The Morgan fingerprint density at radius 3 is 2.94 bits per heavy atom. The molecule has 84 valence electrons. The second-order valence-electron chi connectivity index (χ2n) is 3.34. The van der Waals surface area contributed by atoms with Gasteiger partial charge in [0.05, 0.1) is 4.47 Å². The SMILES string of the molecule is CCSc1ncc2c(C)cc(Br)c(F)c2n1. The summed E-state index contributed by atoms with van der Waals surface area (Å²) in [6, 6.07) is 1.74. The van der Waals surface area contributed by atoms with Crippen molar-refractivity contribution in [2.24, 2.45) is 0 Å². The van der Waals surface area contributed by atoms with Crippen LogP contribution in [-0.2, 0) is 0 Å². The summed E-state index contributed by atoms with van der Waals surface area (Å²) in [7, 11) is 0. The Balaban J connectivity index is 2.71. The number of aromatic nitrogens is 2. The third-order valence-electron chi connectivity index (χ3n) is 2.23. The Labute approximate surface area is 106 Å². The summed E-state index contributed by atoms with van der Waals surface area (Å²) in [5.41, 5.74) is 1.36. The van der Waals surface area contributed by atoms with Gasteiger partial charge in [-0.05, 0) is 40.2 Å². The molecule has 0 amide bonds. The summed E-state index contributed by atoms with van der Waals surface area (Å²) >= 11 is 4.69. The van der Waals surface area contributed by atoms with Gasteiger partial charge in [0.2, 0.25) is 0 Å². The lowest BCUT2D eigenvalue weighted by atomic mass is 10.1. The zero-order valence-corrected chi connectivity index (χ0v) is 11.3. The maximum Gasteiger partial charge on any atom is 0.188 e. The first-order valence-corrected chi connectivity index (χ1v) is 6.65. The van der Waals surface area contributed by atoms with Crippen LogP contribution < -0.4 is 0 Å². The predicted octanol–water partition coefficient (Wildman–Crippen LogP) is 3.95. The molecule has 0 N–H and O–H groups in total. The van der Waals surface area contributed by atoms with Gasteiger partial charge < -0.3 is 0 Å². The van der Waals surface area contributed by atoms with Crippen LogP contribution in [0.15, 0.2) is 21.9 Å². The molecule has 5 heteroatoms. The lowest BCUT2D eigenvalue weighted by Gasteiger charge is -2.05. The monoisotopic (exact) mass is 300 g/mol. The highest BCUT2D eigenvalue weighted by molar-refractivity contribution is 9.10. The van der Waals surface area contributed by atoms with Crippen molar-refractivity contribution in [1.82, 2.24) is 9.97 Å². The van der Waals surface area contributed by atoms with E-state index in [0.717, 1.165) is 16.7 Å². The smallest absolute Gasteiger partial charge is 0.188 e. The lowest BCUT2D eigenvalue weighted by Crippen LogP contribution is -1.94. The van der Waals surface area contributed by atoms with E-state index in [4.69, 9.17) is 0 Å². The van der Waals surface area contributed by atoms with Crippen molar-refractivity contribution in [1.29, 1.82) is 0 Å². The topological polar surface area (TPSA) is 25.8 Å². The Hall–Kier alpha value is -0.680. The molecule has 0 spiro atoms. The highest BCUT2D eigenvalue weighted by atomic mass is 79.9. The van der Waals surface area contributed by atoms with Gasteiger partial charge in [-0.2, -0.15) is 0 Å². The largest absolute Gasteiger partial charge is 0.230 e. The molecule has 2 nitrogen and oxygen atoms in total. The molecule has 0 aliphatic carbocycles. The number of thioether (sulfide) groups is 1. The van der Waals surface area contributed by atoms with Gasteiger partial charge in [0.25, 0.3) is 0 Å².